The third kappa shape index (κ3) is 5.93. The average molecular weight is 408 g/mol. The maximum absolute atomic E-state index is 12.4. The SMILES string of the molecule is CC(C)NC(=O)Nc1ccc(NC(=O)c2cn(C3CCNCC3)nn2)cc1.Cl. The minimum Gasteiger partial charge on any atom is -0.336 e. The van der Waals surface area contributed by atoms with Gasteiger partial charge in [-0.15, -0.1) is 17.5 Å². The van der Waals surface area contributed by atoms with Gasteiger partial charge in [-0.3, -0.25) is 4.79 Å². The number of anilines is 2. The number of benzene rings is 1. The van der Waals surface area contributed by atoms with Crippen molar-refractivity contribution in [1.82, 2.24) is 25.6 Å². The summed E-state index contributed by atoms with van der Waals surface area (Å²) >= 11 is 0. The van der Waals surface area contributed by atoms with Crippen LogP contribution in [-0.4, -0.2) is 46.1 Å². The molecular weight excluding hydrogens is 382 g/mol. The van der Waals surface area contributed by atoms with E-state index in [2.05, 4.69) is 31.6 Å². The van der Waals surface area contributed by atoms with E-state index in [0.717, 1.165) is 25.9 Å². The highest BCUT2D eigenvalue weighted by atomic mass is 35.5. The zero-order chi connectivity index (χ0) is 19.2. The van der Waals surface area contributed by atoms with Crippen molar-refractivity contribution in [3.05, 3.63) is 36.2 Å². The fourth-order valence-corrected chi connectivity index (χ4v) is 2.89. The molecule has 28 heavy (non-hydrogen) atoms. The van der Waals surface area contributed by atoms with E-state index in [1.165, 1.54) is 0 Å². The van der Waals surface area contributed by atoms with Gasteiger partial charge in [0.1, 0.15) is 0 Å². The lowest BCUT2D eigenvalue weighted by Gasteiger charge is -2.22. The number of amides is 3. The van der Waals surface area contributed by atoms with E-state index >= 15 is 0 Å². The minimum absolute atomic E-state index is 0. The molecule has 3 amide bonds. The molecule has 10 heteroatoms. The van der Waals surface area contributed by atoms with E-state index in [4.69, 9.17) is 0 Å². The molecule has 2 aromatic rings. The number of piperidine rings is 1. The van der Waals surface area contributed by atoms with Crippen LogP contribution in [-0.2, 0) is 0 Å². The van der Waals surface area contributed by atoms with E-state index in [-0.39, 0.29) is 42.1 Å². The Labute approximate surface area is 170 Å². The normalized spacial score (nSPS) is 14.2. The van der Waals surface area contributed by atoms with E-state index in [0.29, 0.717) is 11.4 Å². The third-order valence-corrected chi connectivity index (χ3v) is 4.25. The van der Waals surface area contributed by atoms with E-state index < -0.39 is 0 Å². The highest BCUT2D eigenvalue weighted by Crippen LogP contribution is 2.18. The van der Waals surface area contributed by atoms with Gasteiger partial charge < -0.3 is 21.3 Å². The van der Waals surface area contributed by atoms with Crippen LogP contribution in [0.3, 0.4) is 0 Å². The lowest BCUT2D eigenvalue weighted by molar-refractivity contribution is 0.102. The second kappa shape index (κ2) is 10.0. The predicted octanol–water partition coefficient (Wildman–Crippen LogP) is 2.41. The maximum Gasteiger partial charge on any atom is 0.319 e. The first-order valence-electron chi connectivity index (χ1n) is 9.13. The number of rotatable bonds is 5. The van der Waals surface area contributed by atoms with Crippen LogP contribution in [0.4, 0.5) is 16.2 Å². The molecule has 1 aliphatic heterocycles. The highest BCUT2D eigenvalue weighted by molar-refractivity contribution is 6.02. The molecule has 0 spiro atoms. The molecule has 9 nitrogen and oxygen atoms in total. The predicted molar refractivity (Wildman–Crippen MR) is 110 cm³/mol. The van der Waals surface area contributed by atoms with Gasteiger partial charge in [0, 0.05) is 17.4 Å². The summed E-state index contributed by atoms with van der Waals surface area (Å²) in [5.74, 6) is -0.312. The van der Waals surface area contributed by atoms with Crippen molar-refractivity contribution in [2.75, 3.05) is 23.7 Å². The van der Waals surface area contributed by atoms with Gasteiger partial charge in [-0.2, -0.15) is 0 Å². The first-order chi connectivity index (χ1) is 13.0. The van der Waals surface area contributed by atoms with Gasteiger partial charge in [0.2, 0.25) is 0 Å². The summed E-state index contributed by atoms with van der Waals surface area (Å²) in [7, 11) is 0. The molecule has 0 radical (unpaired) electrons. The molecule has 1 aromatic carbocycles. The monoisotopic (exact) mass is 407 g/mol. The molecule has 3 rings (SSSR count). The van der Waals surface area contributed by atoms with E-state index in [1.54, 1.807) is 35.1 Å². The first kappa shape index (κ1) is 21.6. The number of halogens is 1. The van der Waals surface area contributed by atoms with Crippen LogP contribution >= 0.6 is 12.4 Å². The van der Waals surface area contributed by atoms with Crippen molar-refractivity contribution in [1.29, 1.82) is 0 Å². The Hall–Kier alpha value is -2.65. The van der Waals surface area contributed by atoms with Crippen LogP contribution in [0, 0.1) is 0 Å². The van der Waals surface area contributed by atoms with Crippen molar-refractivity contribution in [3.63, 3.8) is 0 Å². The number of nitrogens with zero attached hydrogens (tertiary/aromatic N) is 3. The van der Waals surface area contributed by atoms with Gasteiger partial charge in [0.25, 0.3) is 5.91 Å². The molecule has 1 aliphatic rings. The molecule has 1 aromatic heterocycles. The van der Waals surface area contributed by atoms with Crippen molar-refractivity contribution in [2.24, 2.45) is 0 Å². The van der Waals surface area contributed by atoms with Crippen LogP contribution in [0.15, 0.2) is 30.5 Å². The summed E-state index contributed by atoms with van der Waals surface area (Å²) < 4.78 is 1.77. The van der Waals surface area contributed by atoms with Crippen LogP contribution in [0.2, 0.25) is 0 Å². The summed E-state index contributed by atoms with van der Waals surface area (Å²) in [5.41, 5.74) is 1.54. The van der Waals surface area contributed by atoms with Crippen LogP contribution in [0.5, 0.6) is 0 Å². The van der Waals surface area contributed by atoms with E-state index in [1.807, 2.05) is 13.8 Å². The summed E-state index contributed by atoms with van der Waals surface area (Å²) in [6, 6.07) is 6.96. The Morgan fingerprint density at radius 2 is 1.71 bits per heavy atom. The Bertz CT molecular complexity index is 785. The number of carbonyl (C=O) groups is 2. The van der Waals surface area contributed by atoms with Crippen LogP contribution < -0.4 is 21.3 Å². The van der Waals surface area contributed by atoms with E-state index in [9.17, 15) is 9.59 Å². The lowest BCUT2D eigenvalue weighted by atomic mass is 10.1. The topological polar surface area (TPSA) is 113 Å². The number of hydrogen-bond donors (Lipinski definition) is 4. The zero-order valence-electron chi connectivity index (χ0n) is 15.9. The van der Waals surface area contributed by atoms with Gasteiger partial charge in [-0.1, -0.05) is 5.21 Å². The van der Waals surface area contributed by atoms with Crippen molar-refractivity contribution < 1.29 is 9.59 Å². The quantitative estimate of drug-likeness (QED) is 0.607. The fraction of sp³-hybridized carbons (Fsp3) is 0.444. The number of carbonyl (C=O) groups excluding carboxylic acids is 2. The molecule has 0 unspecified atom stereocenters. The third-order valence-electron chi connectivity index (χ3n) is 4.25. The molecule has 0 saturated carbocycles. The molecular formula is C18H26ClN7O2. The van der Waals surface area contributed by atoms with Crippen LogP contribution in [0.1, 0.15) is 43.2 Å². The van der Waals surface area contributed by atoms with Gasteiger partial charge >= 0.3 is 6.03 Å². The second-order valence-corrected chi connectivity index (χ2v) is 6.85. The zero-order valence-corrected chi connectivity index (χ0v) is 16.8. The van der Waals surface area contributed by atoms with Gasteiger partial charge in [-0.25, -0.2) is 9.48 Å². The molecule has 1 fully saturated rings. The molecule has 4 N–H and O–H groups in total. The summed E-state index contributed by atoms with van der Waals surface area (Å²) in [5, 5.41) is 19.7. The second-order valence-electron chi connectivity index (χ2n) is 6.85. The number of urea groups is 1. The maximum atomic E-state index is 12.4. The molecule has 1 saturated heterocycles. The Kier molecular flexibility index (Phi) is 7.77. The first-order valence-corrected chi connectivity index (χ1v) is 9.13. The largest absolute Gasteiger partial charge is 0.336 e. The van der Waals surface area contributed by atoms with Gasteiger partial charge in [0.15, 0.2) is 5.69 Å². The number of aromatic nitrogens is 3. The highest BCUT2D eigenvalue weighted by Gasteiger charge is 2.18. The summed E-state index contributed by atoms with van der Waals surface area (Å²) in [4.78, 5) is 24.1. The molecule has 2 heterocycles. The molecule has 0 atom stereocenters. The van der Waals surface area contributed by atoms with Gasteiger partial charge in [0.05, 0.1) is 12.2 Å². The van der Waals surface area contributed by atoms with Gasteiger partial charge in [-0.05, 0) is 64.0 Å². The summed E-state index contributed by atoms with van der Waals surface area (Å²) in [6.07, 6.45) is 3.64. The minimum atomic E-state index is -0.312. The lowest BCUT2D eigenvalue weighted by Crippen LogP contribution is -2.34. The Morgan fingerprint density at radius 1 is 1.11 bits per heavy atom. The van der Waals surface area contributed by atoms with Crippen molar-refractivity contribution >= 4 is 35.7 Å². The standard InChI is InChI=1S/C18H25N7O2.ClH/c1-12(2)20-18(27)22-14-5-3-13(4-6-14)21-17(26)16-11-25(24-23-16)15-7-9-19-10-8-15;/h3-6,11-12,15,19H,7-10H2,1-2H3,(H,21,26)(H2,20,22,27);1H. The molecule has 152 valence electrons. The fourth-order valence-electron chi connectivity index (χ4n) is 2.89. The summed E-state index contributed by atoms with van der Waals surface area (Å²) in [6.45, 7) is 5.67. The van der Waals surface area contributed by atoms with Crippen LogP contribution in [0.25, 0.3) is 0 Å². The number of hydrogen-bond acceptors (Lipinski definition) is 5. The Morgan fingerprint density at radius 3 is 2.32 bits per heavy atom. The smallest absolute Gasteiger partial charge is 0.319 e. The molecule has 0 bridgehead atoms. The number of nitrogens with one attached hydrogen (secondary N) is 4. The Balaban J connectivity index is 0.00000280. The average Bonchev–Trinajstić information content (AvgIpc) is 3.14. The van der Waals surface area contributed by atoms with Crippen molar-refractivity contribution in [3.8, 4) is 0 Å². The molecule has 0 aliphatic carbocycles. The van der Waals surface area contributed by atoms with Crippen molar-refractivity contribution in [2.45, 2.75) is 38.8 Å².